The number of ether oxygens (including phenoxy) is 1. The van der Waals surface area contributed by atoms with Gasteiger partial charge in [0.2, 0.25) is 0 Å². The summed E-state index contributed by atoms with van der Waals surface area (Å²) in [5, 5.41) is 3.41. The fraction of sp³-hybridized carbons (Fsp3) is 0.385. The Bertz CT molecular complexity index is 1130. The Hall–Kier alpha value is -3.35. The van der Waals surface area contributed by atoms with Gasteiger partial charge in [-0.25, -0.2) is 4.39 Å². The number of nitrogens with zero attached hydrogens (tertiary/aromatic N) is 3. The molecule has 6 nitrogen and oxygen atoms in total. The van der Waals surface area contributed by atoms with Crippen LogP contribution in [0.2, 0.25) is 0 Å². The highest BCUT2D eigenvalue weighted by atomic mass is 19.1. The van der Waals surface area contributed by atoms with E-state index < -0.39 is 17.6 Å². The van der Waals surface area contributed by atoms with Crippen LogP contribution in [-0.2, 0) is 9.53 Å². The maximum atomic E-state index is 13.9. The maximum absolute atomic E-state index is 13.9. The first-order valence-electron chi connectivity index (χ1n) is 11.2. The molecule has 0 fully saturated rings. The number of dihydropyridines is 1. The van der Waals surface area contributed by atoms with Gasteiger partial charge >= 0.3 is 5.97 Å². The highest BCUT2D eigenvalue weighted by molar-refractivity contribution is 5.89. The molecule has 0 amide bonds. The molecule has 3 atom stereocenters. The molecule has 2 aliphatic rings. The Morgan fingerprint density at radius 3 is 2.73 bits per heavy atom. The lowest BCUT2D eigenvalue weighted by molar-refractivity contribution is -0.156. The van der Waals surface area contributed by atoms with Gasteiger partial charge in [-0.05, 0) is 76.6 Å². The first-order chi connectivity index (χ1) is 15.8. The third-order valence-corrected chi connectivity index (χ3v) is 5.88. The van der Waals surface area contributed by atoms with Crippen molar-refractivity contribution in [2.45, 2.75) is 58.7 Å². The lowest BCUT2D eigenvalue weighted by Crippen LogP contribution is -2.34. The number of nitrogens with one attached hydrogen (secondary N) is 1. The van der Waals surface area contributed by atoms with Crippen molar-refractivity contribution < 1.29 is 13.9 Å². The van der Waals surface area contributed by atoms with Crippen LogP contribution in [0.5, 0.6) is 0 Å². The number of aryl methyl sites for hydroxylation is 1. The lowest BCUT2D eigenvalue weighted by Gasteiger charge is -2.33. The molecule has 0 radical (unpaired) electrons. The number of aliphatic imine (C=N–C) groups is 1. The van der Waals surface area contributed by atoms with Gasteiger partial charge in [0, 0.05) is 29.7 Å². The zero-order valence-corrected chi connectivity index (χ0v) is 19.4. The van der Waals surface area contributed by atoms with Crippen molar-refractivity contribution >= 4 is 17.8 Å². The quantitative estimate of drug-likeness (QED) is 0.664. The maximum Gasteiger partial charge on any atom is 0.311 e. The van der Waals surface area contributed by atoms with E-state index in [9.17, 15) is 9.18 Å². The van der Waals surface area contributed by atoms with E-state index in [-0.39, 0.29) is 23.5 Å². The summed E-state index contributed by atoms with van der Waals surface area (Å²) in [7, 11) is 0. The van der Waals surface area contributed by atoms with Gasteiger partial charge in [0.1, 0.15) is 11.9 Å². The highest BCUT2D eigenvalue weighted by Gasteiger charge is 2.37. The molecular weight excluding hydrogens is 419 g/mol. The Labute approximate surface area is 193 Å². The van der Waals surface area contributed by atoms with Crippen molar-refractivity contribution in [3.8, 4) is 0 Å². The number of hydrogen-bond acceptors (Lipinski definition) is 6. The molecule has 0 aromatic carbocycles. The Morgan fingerprint density at radius 1 is 1.21 bits per heavy atom. The van der Waals surface area contributed by atoms with Crippen LogP contribution in [0.25, 0.3) is 5.57 Å². The molecule has 0 saturated heterocycles. The normalized spacial score (nSPS) is 22.5. The van der Waals surface area contributed by atoms with Crippen LogP contribution >= 0.6 is 0 Å². The Kier molecular flexibility index (Phi) is 6.40. The van der Waals surface area contributed by atoms with Crippen LogP contribution in [-0.4, -0.2) is 28.3 Å². The van der Waals surface area contributed by atoms with E-state index in [2.05, 4.69) is 21.4 Å². The SMILES string of the molecule is Cc1nc(C2=CC=NC(c3cnccc3C3CCC=CN3)[C@@H]2OC(=O)C(C)(C)C)ccc1F. The van der Waals surface area contributed by atoms with E-state index in [1.807, 2.05) is 33.0 Å². The summed E-state index contributed by atoms with van der Waals surface area (Å²) >= 11 is 0. The summed E-state index contributed by atoms with van der Waals surface area (Å²) in [6.45, 7) is 7.06. The molecule has 2 aliphatic heterocycles. The summed E-state index contributed by atoms with van der Waals surface area (Å²) in [6, 6.07) is 4.60. The molecule has 2 unspecified atom stereocenters. The van der Waals surface area contributed by atoms with Crippen LogP contribution in [0, 0.1) is 18.2 Å². The number of esters is 1. The topological polar surface area (TPSA) is 76.5 Å². The highest BCUT2D eigenvalue weighted by Crippen LogP contribution is 2.39. The number of pyridine rings is 2. The third kappa shape index (κ3) is 4.87. The van der Waals surface area contributed by atoms with Crippen molar-refractivity contribution in [2.75, 3.05) is 0 Å². The van der Waals surface area contributed by atoms with Gasteiger partial charge in [-0.1, -0.05) is 6.08 Å². The number of carbonyl (C=O) groups is 1. The number of halogens is 1. The Morgan fingerprint density at radius 2 is 2.03 bits per heavy atom. The van der Waals surface area contributed by atoms with E-state index in [0.29, 0.717) is 11.3 Å². The van der Waals surface area contributed by atoms with E-state index >= 15 is 0 Å². The number of hydrogen-bond donors (Lipinski definition) is 1. The predicted molar refractivity (Wildman–Crippen MR) is 126 cm³/mol. The molecule has 1 N–H and O–H groups in total. The van der Waals surface area contributed by atoms with Gasteiger partial charge in [0.25, 0.3) is 0 Å². The van der Waals surface area contributed by atoms with Crippen LogP contribution in [0.4, 0.5) is 4.39 Å². The second-order valence-corrected chi connectivity index (χ2v) is 9.41. The zero-order valence-electron chi connectivity index (χ0n) is 19.4. The number of allylic oxidation sites excluding steroid dienone is 2. The van der Waals surface area contributed by atoms with Gasteiger partial charge in [-0.15, -0.1) is 0 Å². The fourth-order valence-corrected chi connectivity index (χ4v) is 4.00. The molecule has 0 aliphatic carbocycles. The molecule has 33 heavy (non-hydrogen) atoms. The van der Waals surface area contributed by atoms with Gasteiger partial charge in [-0.3, -0.25) is 19.8 Å². The molecule has 172 valence electrons. The second-order valence-electron chi connectivity index (χ2n) is 9.41. The molecule has 2 aromatic heterocycles. The van der Waals surface area contributed by atoms with Crippen LogP contribution in [0.1, 0.15) is 68.2 Å². The van der Waals surface area contributed by atoms with Crippen LogP contribution < -0.4 is 5.32 Å². The molecule has 4 rings (SSSR count). The smallest absolute Gasteiger partial charge is 0.311 e. The lowest BCUT2D eigenvalue weighted by atomic mass is 9.86. The standard InChI is InChI=1S/C26H29FN4O2/c1-16-20(27)8-9-22(31-16)18-11-14-30-23(24(18)33-25(32)26(2,3)4)19-15-28-13-10-17(19)21-7-5-6-12-29-21/h6,8-15,21,23-24,29H,5,7H2,1-4H3/t21?,23?,24-/m1/s1. The largest absolute Gasteiger partial charge is 0.454 e. The van der Waals surface area contributed by atoms with Gasteiger partial charge < -0.3 is 10.1 Å². The molecule has 0 spiro atoms. The van der Waals surface area contributed by atoms with Crippen molar-refractivity contribution in [3.63, 3.8) is 0 Å². The van der Waals surface area contributed by atoms with Crippen molar-refractivity contribution in [1.82, 2.24) is 15.3 Å². The summed E-state index contributed by atoms with van der Waals surface area (Å²) in [5.74, 6) is -0.724. The van der Waals surface area contributed by atoms with E-state index in [1.165, 1.54) is 6.07 Å². The molecule has 2 aromatic rings. The molecule has 4 heterocycles. The Balaban J connectivity index is 1.78. The summed E-state index contributed by atoms with van der Waals surface area (Å²) < 4.78 is 20.0. The number of rotatable bonds is 4. The first kappa shape index (κ1) is 22.8. The fourth-order valence-electron chi connectivity index (χ4n) is 4.00. The molecule has 0 bridgehead atoms. The van der Waals surface area contributed by atoms with Gasteiger partial charge in [-0.2, -0.15) is 0 Å². The van der Waals surface area contributed by atoms with Crippen molar-refractivity contribution in [1.29, 1.82) is 0 Å². The second kappa shape index (κ2) is 9.25. The van der Waals surface area contributed by atoms with Gasteiger partial charge in [0.15, 0.2) is 6.10 Å². The third-order valence-electron chi connectivity index (χ3n) is 5.88. The monoisotopic (exact) mass is 448 g/mol. The van der Waals surface area contributed by atoms with E-state index in [4.69, 9.17) is 9.73 Å². The number of carbonyl (C=O) groups excluding carboxylic acids is 1. The molecular formula is C26H29FN4O2. The average molecular weight is 449 g/mol. The van der Waals surface area contributed by atoms with Crippen molar-refractivity contribution in [3.05, 3.63) is 77.3 Å². The predicted octanol–water partition coefficient (Wildman–Crippen LogP) is 5.03. The van der Waals surface area contributed by atoms with E-state index in [1.54, 1.807) is 37.7 Å². The molecule has 0 saturated carbocycles. The van der Waals surface area contributed by atoms with Crippen LogP contribution in [0.15, 0.2) is 53.9 Å². The number of aromatic nitrogens is 2. The minimum atomic E-state index is -0.721. The first-order valence-corrected chi connectivity index (χ1v) is 11.2. The zero-order chi connectivity index (χ0) is 23.6. The average Bonchev–Trinajstić information content (AvgIpc) is 2.81. The minimum absolute atomic E-state index is 0.114. The van der Waals surface area contributed by atoms with E-state index in [0.717, 1.165) is 24.0 Å². The summed E-state index contributed by atoms with van der Waals surface area (Å²) in [6.07, 6.45) is 12.3. The summed E-state index contributed by atoms with van der Waals surface area (Å²) in [5.41, 5.74) is 2.78. The minimum Gasteiger partial charge on any atom is -0.454 e. The van der Waals surface area contributed by atoms with Crippen molar-refractivity contribution in [2.24, 2.45) is 10.4 Å². The van der Waals surface area contributed by atoms with Gasteiger partial charge in [0.05, 0.1) is 22.8 Å². The van der Waals surface area contributed by atoms with Crippen LogP contribution in [0.3, 0.4) is 0 Å². The summed E-state index contributed by atoms with van der Waals surface area (Å²) in [4.78, 5) is 26.5. The molecule has 7 heteroatoms.